The fourth-order valence-corrected chi connectivity index (χ4v) is 5.58. The number of nitrogens with one attached hydrogen (secondary N) is 3. The van der Waals surface area contributed by atoms with Gasteiger partial charge in [-0.2, -0.15) is 0 Å². The molecule has 0 unspecified atom stereocenters. The van der Waals surface area contributed by atoms with E-state index in [1.807, 2.05) is 37.4 Å². The zero-order valence-electron chi connectivity index (χ0n) is 18.8. The fraction of sp³-hybridized carbons (Fsp3) is 0.320. The average molecular weight is 476 g/mol. The number of allylic oxidation sites excluding steroid dienone is 1. The minimum Gasteiger partial charge on any atom is -0.490 e. The Labute approximate surface area is 201 Å². The molecule has 4 heterocycles. The van der Waals surface area contributed by atoms with Gasteiger partial charge in [-0.1, -0.05) is 0 Å². The van der Waals surface area contributed by atoms with Gasteiger partial charge in [0.05, 0.1) is 28.6 Å². The molecule has 1 saturated carbocycles. The number of rotatable bonds is 5. The monoisotopic (exact) mass is 475 g/mol. The van der Waals surface area contributed by atoms with Gasteiger partial charge in [0, 0.05) is 24.6 Å². The molecular formula is C25H25N5O3S. The maximum atomic E-state index is 13.3. The first-order valence-corrected chi connectivity index (χ1v) is 12.4. The third-order valence-electron chi connectivity index (χ3n) is 6.53. The number of hydrogen-bond donors (Lipinski definition) is 3. The van der Waals surface area contributed by atoms with E-state index in [-0.39, 0.29) is 11.9 Å². The Kier molecular flexibility index (Phi) is 5.13. The summed E-state index contributed by atoms with van der Waals surface area (Å²) in [5, 5.41) is 9.87. The highest BCUT2D eigenvalue weighted by molar-refractivity contribution is 7.21. The smallest absolute Gasteiger partial charge is 0.331 e. The van der Waals surface area contributed by atoms with Gasteiger partial charge in [-0.05, 0) is 68.9 Å². The SMILES string of the molecule is Cc1cc(OC2CCC2)ccc1N1C(=O)Nc2c(C(=O)NC3=CNCCC3)sc3nccc1c23. The maximum absolute atomic E-state index is 13.3. The van der Waals surface area contributed by atoms with Gasteiger partial charge >= 0.3 is 6.03 Å². The lowest BCUT2D eigenvalue weighted by molar-refractivity contribution is 0.0968. The van der Waals surface area contributed by atoms with Crippen molar-refractivity contribution in [2.24, 2.45) is 0 Å². The zero-order valence-corrected chi connectivity index (χ0v) is 19.6. The van der Waals surface area contributed by atoms with E-state index in [0.717, 1.165) is 60.3 Å². The molecule has 8 nitrogen and oxygen atoms in total. The van der Waals surface area contributed by atoms with E-state index in [1.165, 1.54) is 17.8 Å². The first kappa shape index (κ1) is 21.0. The van der Waals surface area contributed by atoms with Crippen molar-refractivity contribution in [3.63, 3.8) is 0 Å². The second-order valence-electron chi connectivity index (χ2n) is 8.88. The number of urea groups is 1. The molecule has 0 saturated heterocycles. The molecule has 1 fully saturated rings. The highest BCUT2D eigenvalue weighted by Crippen LogP contribution is 2.46. The van der Waals surface area contributed by atoms with Gasteiger partial charge in [-0.25, -0.2) is 9.78 Å². The van der Waals surface area contributed by atoms with Gasteiger partial charge in [0.1, 0.15) is 15.5 Å². The van der Waals surface area contributed by atoms with Crippen LogP contribution in [0.1, 0.15) is 47.3 Å². The molecule has 3 amide bonds. The summed E-state index contributed by atoms with van der Waals surface area (Å²) in [6.45, 7) is 2.88. The van der Waals surface area contributed by atoms with Crippen LogP contribution in [0.2, 0.25) is 0 Å². The number of anilines is 3. The minimum absolute atomic E-state index is 0.235. The summed E-state index contributed by atoms with van der Waals surface area (Å²) >= 11 is 1.29. The second-order valence-corrected chi connectivity index (χ2v) is 9.88. The molecule has 1 aromatic carbocycles. The van der Waals surface area contributed by atoms with Crippen molar-refractivity contribution in [3.05, 3.63) is 52.8 Å². The van der Waals surface area contributed by atoms with Crippen molar-refractivity contribution in [1.29, 1.82) is 0 Å². The molecule has 0 atom stereocenters. The lowest BCUT2D eigenvalue weighted by Crippen LogP contribution is -2.35. The summed E-state index contributed by atoms with van der Waals surface area (Å²) in [5.74, 6) is 0.589. The van der Waals surface area contributed by atoms with Crippen molar-refractivity contribution in [1.82, 2.24) is 15.6 Å². The molecule has 34 heavy (non-hydrogen) atoms. The Balaban J connectivity index is 1.36. The molecule has 3 N–H and O–H groups in total. The van der Waals surface area contributed by atoms with Gasteiger partial charge in [0.25, 0.3) is 5.91 Å². The van der Waals surface area contributed by atoms with Crippen molar-refractivity contribution >= 4 is 50.6 Å². The normalized spacial score (nSPS) is 17.5. The number of aromatic nitrogens is 1. The van der Waals surface area contributed by atoms with Crippen LogP contribution in [0.5, 0.6) is 5.75 Å². The molecular weight excluding hydrogens is 450 g/mol. The largest absolute Gasteiger partial charge is 0.490 e. The number of aryl methyl sites for hydroxylation is 1. The van der Waals surface area contributed by atoms with E-state index in [1.54, 1.807) is 11.1 Å². The highest BCUT2D eigenvalue weighted by Gasteiger charge is 2.33. The number of pyridine rings is 1. The Morgan fingerprint density at radius 2 is 2.12 bits per heavy atom. The van der Waals surface area contributed by atoms with Gasteiger partial charge in [0.15, 0.2) is 0 Å². The summed E-state index contributed by atoms with van der Waals surface area (Å²) in [5.41, 5.74) is 3.79. The summed E-state index contributed by atoms with van der Waals surface area (Å²) in [4.78, 5) is 33.7. The maximum Gasteiger partial charge on any atom is 0.331 e. The van der Waals surface area contributed by atoms with Gasteiger partial charge in [0.2, 0.25) is 0 Å². The Morgan fingerprint density at radius 1 is 1.24 bits per heavy atom. The first-order valence-electron chi connectivity index (χ1n) is 11.6. The van der Waals surface area contributed by atoms with Gasteiger partial charge in [-0.15, -0.1) is 11.3 Å². The number of hydrogen-bond acceptors (Lipinski definition) is 6. The number of thiophene rings is 1. The molecule has 6 rings (SSSR count). The predicted molar refractivity (Wildman–Crippen MR) is 133 cm³/mol. The number of ether oxygens (including phenoxy) is 1. The van der Waals surface area contributed by atoms with Crippen molar-refractivity contribution in [3.8, 4) is 5.75 Å². The van der Waals surface area contributed by atoms with Crippen LogP contribution in [0.25, 0.3) is 10.2 Å². The van der Waals surface area contributed by atoms with Crippen LogP contribution in [0.4, 0.5) is 21.9 Å². The molecule has 3 aromatic rings. The van der Waals surface area contributed by atoms with Gasteiger partial charge < -0.3 is 20.7 Å². The summed E-state index contributed by atoms with van der Waals surface area (Å²) in [7, 11) is 0. The average Bonchev–Trinajstić information content (AvgIpc) is 3.18. The molecule has 0 radical (unpaired) electrons. The topological polar surface area (TPSA) is 95.6 Å². The van der Waals surface area contributed by atoms with Gasteiger partial charge in [-0.3, -0.25) is 9.69 Å². The molecule has 2 aliphatic heterocycles. The zero-order chi connectivity index (χ0) is 23.2. The number of nitrogens with zero attached hydrogens (tertiary/aromatic N) is 2. The third kappa shape index (κ3) is 3.56. The van der Waals surface area contributed by atoms with E-state index < -0.39 is 0 Å². The third-order valence-corrected chi connectivity index (χ3v) is 7.63. The molecule has 0 bridgehead atoms. The second kappa shape index (κ2) is 8.32. The first-order chi connectivity index (χ1) is 16.6. The number of carbonyl (C=O) groups is 2. The van der Waals surface area contributed by atoms with Crippen LogP contribution in [0.15, 0.2) is 42.4 Å². The summed E-state index contributed by atoms with van der Waals surface area (Å²) in [6, 6.07) is 7.34. The summed E-state index contributed by atoms with van der Waals surface area (Å²) < 4.78 is 6.03. The van der Waals surface area contributed by atoms with E-state index in [9.17, 15) is 9.59 Å². The van der Waals surface area contributed by atoms with E-state index >= 15 is 0 Å². The van der Waals surface area contributed by atoms with E-state index in [2.05, 4.69) is 20.9 Å². The Bertz CT molecular complexity index is 1340. The Hall–Kier alpha value is -3.59. The molecule has 3 aliphatic rings. The van der Waals surface area contributed by atoms with E-state index in [4.69, 9.17) is 4.74 Å². The summed E-state index contributed by atoms with van der Waals surface area (Å²) in [6.07, 6.45) is 8.99. The van der Waals surface area contributed by atoms with Crippen LogP contribution in [0, 0.1) is 6.92 Å². The number of carbonyl (C=O) groups excluding carboxylic acids is 2. The molecule has 2 aromatic heterocycles. The molecule has 9 heteroatoms. The van der Waals surface area contributed by atoms with Crippen LogP contribution in [-0.4, -0.2) is 29.6 Å². The molecule has 174 valence electrons. The standard InChI is InChI=1S/C25H25N5O3S/c1-14-12-17(33-16-5-2-6-16)7-8-18(14)30-19-9-11-27-24-20(19)21(29-25(30)32)22(34-24)23(31)28-15-4-3-10-26-13-15/h7-9,11-13,16,26H,2-6,10H2,1H3,(H,28,31)(H,29,32). The predicted octanol–water partition coefficient (Wildman–Crippen LogP) is 5.17. The van der Waals surface area contributed by atoms with Crippen molar-refractivity contribution < 1.29 is 14.3 Å². The number of benzene rings is 1. The Morgan fingerprint density at radius 3 is 2.85 bits per heavy atom. The number of amides is 3. The van der Waals surface area contributed by atoms with Crippen molar-refractivity contribution in [2.45, 2.75) is 45.1 Å². The highest BCUT2D eigenvalue weighted by atomic mass is 32.1. The molecule has 1 aliphatic carbocycles. The van der Waals surface area contributed by atoms with Crippen LogP contribution >= 0.6 is 11.3 Å². The van der Waals surface area contributed by atoms with Crippen LogP contribution in [0.3, 0.4) is 0 Å². The quantitative estimate of drug-likeness (QED) is 0.473. The van der Waals surface area contributed by atoms with Crippen LogP contribution in [-0.2, 0) is 0 Å². The lowest BCUT2D eigenvalue weighted by Gasteiger charge is -2.30. The molecule has 0 spiro atoms. The van der Waals surface area contributed by atoms with Crippen LogP contribution < -0.4 is 25.6 Å². The van der Waals surface area contributed by atoms with Crippen molar-refractivity contribution in [2.75, 3.05) is 16.8 Å². The van der Waals surface area contributed by atoms with E-state index in [0.29, 0.717) is 27.2 Å². The minimum atomic E-state index is -0.304. The fourth-order valence-electron chi connectivity index (χ4n) is 4.57. The lowest BCUT2D eigenvalue weighted by atomic mass is 9.96.